The predicted octanol–water partition coefficient (Wildman–Crippen LogP) is 2.52. The van der Waals surface area contributed by atoms with Gasteiger partial charge in [0.15, 0.2) is 0 Å². The van der Waals surface area contributed by atoms with E-state index in [1.54, 1.807) is 0 Å². The van der Waals surface area contributed by atoms with Gasteiger partial charge in [-0.25, -0.2) is 0 Å². The fraction of sp³-hybridized carbons (Fsp3) is 0.562. The number of unbranched alkanes of at least 4 members (excludes halogenated alkanes) is 1. The zero-order valence-corrected chi connectivity index (χ0v) is 12.3. The minimum atomic E-state index is -0.900. The molecule has 0 saturated heterocycles. The van der Waals surface area contributed by atoms with Crippen molar-refractivity contribution in [2.75, 3.05) is 6.54 Å². The number of rotatable bonds is 9. The van der Waals surface area contributed by atoms with Crippen LogP contribution in [0.3, 0.4) is 0 Å². The van der Waals surface area contributed by atoms with Gasteiger partial charge < -0.3 is 15.5 Å². The average molecular weight is 279 g/mol. The topological polar surface area (TPSA) is 69.6 Å². The van der Waals surface area contributed by atoms with Crippen LogP contribution in [0.4, 0.5) is 0 Å². The van der Waals surface area contributed by atoms with Crippen molar-refractivity contribution in [3.63, 3.8) is 0 Å². The Kier molecular flexibility index (Phi) is 7.26. The summed E-state index contributed by atoms with van der Waals surface area (Å²) in [4.78, 5) is 10.9. The van der Waals surface area contributed by atoms with Crippen molar-refractivity contribution in [3.8, 4) is 0 Å². The van der Waals surface area contributed by atoms with E-state index in [2.05, 4.69) is 19.2 Å². The summed E-state index contributed by atoms with van der Waals surface area (Å²) in [6, 6.07) is 7.25. The van der Waals surface area contributed by atoms with Gasteiger partial charge in [0, 0.05) is 6.04 Å². The van der Waals surface area contributed by atoms with E-state index < -0.39 is 18.1 Å². The highest BCUT2D eigenvalue weighted by Crippen LogP contribution is 2.20. The average Bonchev–Trinajstić information content (AvgIpc) is 2.45. The monoisotopic (exact) mass is 279 g/mol. The SMILES string of the molecule is CCCCNC(CC(=O)O)C(O)c1ccc(CC)cc1. The maximum absolute atomic E-state index is 10.9. The summed E-state index contributed by atoms with van der Waals surface area (Å²) in [7, 11) is 0. The number of aryl methyl sites for hydroxylation is 1. The molecule has 4 heteroatoms. The van der Waals surface area contributed by atoms with Crippen molar-refractivity contribution >= 4 is 5.97 Å². The van der Waals surface area contributed by atoms with E-state index >= 15 is 0 Å². The molecule has 1 aromatic rings. The van der Waals surface area contributed by atoms with Crippen LogP contribution in [0.15, 0.2) is 24.3 Å². The van der Waals surface area contributed by atoms with Gasteiger partial charge in [-0.05, 0) is 30.5 Å². The van der Waals surface area contributed by atoms with E-state index in [0.717, 1.165) is 31.4 Å². The summed E-state index contributed by atoms with van der Waals surface area (Å²) < 4.78 is 0. The van der Waals surface area contributed by atoms with E-state index in [1.807, 2.05) is 24.3 Å². The van der Waals surface area contributed by atoms with Crippen LogP contribution in [-0.4, -0.2) is 28.8 Å². The Hall–Kier alpha value is -1.39. The fourth-order valence-electron chi connectivity index (χ4n) is 2.13. The number of carboxylic acids is 1. The van der Waals surface area contributed by atoms with E-state index in [9.17, 15) is 9.90 Å². The van der Waals surface area contributed by atoms with Gasteiger partial charge in [0.2, 0.25) is 0 Å². The first-order chi connectivity index (χ1) is 9.58. The zero-order chi connectivity index (χ0) is 15.0. The van der Waals surface area contributed by atoms with Crippen molar-refractivity contribution in [1.29, 1.82) is 0 Å². The zero-order valence-electron chi connectivity index (χ0n) is 12.3. The molecule has 0 aliphatic heterocycles. The first-order valence-corrected chi connectivity index (χ1v) is 7.30. The molecule has 2 unspecified atom stereocenters. The third kappa shape index (κ3) is 5.31. The fourth-order valence-corrected chi connectivity index (χ4v) is 2.13. The summed E-state index contributed by atoms with van der Waals surface area (Å²) >= 11 is 0. The maximum Gasteiger partial charge on any atom is 0.305 e. The van der Waals surface area contributed by atoms with E-state index in [-0.39, 0.29) is 6.42 Å². The highest BCUT2D eigenvalue weighted by molar-refractivity contribution is 5.67. The third-order valence-electron chi connectivity index (χ3n) is 3.44. The van der Waals surface area contributed by atoms with Gasteiger partial charge >= 0.3 is 5.97 Å². The lowest BCUT2D eigenvalue weighted by molar-refractivity contribution is -0.138. The van der Waals surface area contributed by atoms with Crippen LogP contribution in [0.5, 0.6) is 0 Å². The molecule has 4 nitrogen and oxygen atoms in total. The molecule has 0 bridgehead atoms. The first-order valence-electron chi connectivity index (χ1n) is 7.30. The largest absolute Gasteiger partial charge is 0.481 e. The first kappa shape index (κ1) is 16.7. The van der Waals surface area contributed by atoms with Crippen LogP contribution in [0.25, 0.3) is 0 Å². The Labute approximate surface area is 120 Å². The van der Waals surface area contributed by atoms with Crippen LogP contribution >= 0.6 is 0 Å². The van der Waals surface area contributed by atoms with Crippen molar-refractivity contribution in [2.45, 2.75) is 51.7 Å². The Balaban J connectivity index is 2.73. The lowest BCUT2D eigenvalue weighted by atomic mass is 9.98. The molecule has 0 aliphatic carbocycles. The summed E-state index contributed by atoms with van der Waals surface area (Å²) in [5, 5.41) is 22.5. The molecule has 20 heavy (non-hydrogen) atoms. The molecule has 0 spiro atoms. The predicted molar refractivity (Wildman–Crippen MR) is 79.7 cm³/mol. The number of hydrogen-bond acceptors (Lipinski definition) is 3. The molecule has 1 aromatic carbocycles. The van der Waals surface area contributed by atoms with Crippen LogP contribution in [0, 0.1) is 0 Å². The lowest BCUT2D eigenvalue weighted by Crippen LogP contribution is -2.37. The summed E-state index contributed by atoms with van der Waals surface area (Å²) in [5.41, 5.74) is 1.96. The number of aliphatic hydroxyl groups excluding tert-OH is 1. The van der Waals surface area contributed by atoms with Crippen molar-refractivity contribution in [2.24, 2.45) is 0 Å². The second-order valence-corrected chi connectivity index (χ2v) is 5.05. The molecular weight excluding hydrogens is 254 g/mol. The Morgan fingerprint density at radius 1 is 1.25 bits per heavy atom. The minimum Gasteiger partial charge on any atom is -0.481 e. The normalized spacial score (nSPS) is 13.9. The van der Waals surface area contributed by atoms with E-state index in [0.29, 0.717) is 0 Å². The number of carboxylic acid groups (broad SMARTS) is 1. The Bertz CT molecular complexity index is 403. The van der Waals surface area contributed by atoms with Crippen molar-refractivity contribution in [3.05, 3.63) is 35.4 Å². The molecule has 0 aromatic heterocycles. The second kappa shape index (κ2) is 8.72. The van der Waals surface area contributed by atoms with Gasteiger partial charge in [-0.3, -0.25) is 4.79 Å². The number of nitrogens with one attached hydrogen (secondary N) is 1. The molecule has 2 atom stereocenters. The van der Waals surface area contributed by atoms with E-state index in [1.165, 1.54) is 5.56 Å². The molecule has 0 amide bonds. The Morgan fingerprint density at radius 3 is 2.40 bits per heavy atom. The summed E-state index contributed by atoms with van der Waals surface area (Å²) in [5.74, 6) is -0.900. The standard InChI is InChI=1S/C16H25NO3/c1-3-5-10-17-14(11-15(18)19)16(20)13-8-6-12(4-2)7-9-13/h6-9,14,16-17,20H,3-5,10-11H2,1-2H3,(H,18,19). The van der Waals surface area contributed by atoms with Crippen LogP contribution in [0.2, 0.25) is 0 Å². The lowest BCUT2D eigenvalue weighted by Gasteiger charge is -2.23. The molecule has 0 aliphatic rings. The van der Waals surface area contributed by atoms with Crippen LogP contribution < -0.4 is 5.32 Å². The molecule has 0 radical (unpaired) electrons. The van der Waals surface area contributed by atoms with Crippen molar-refractivity contribution in [1.82, 2.24) is 5.32 Å². The van der Waals surface area contributed by atoms with Gasteiger partial charge in [0.25, 0.3) is 0 Å². The molecule has 112 valence electrons. The minimum absolute atomic E-state index is 0.0829. The molecule has 0 saturated carbocycles. The number of hydrogen-bond donors (Lipinski definition) is 3. The van der Waals surface area contributed by atoms with Gasteiger partial charge in [-0.1, -0.05) is 44.5 Å². The van der Waals surface area contributed by atoms with Gasteiger partial charge in [0.05, 0.1) is 12.5 Å². The van der Waals surface area contributed by atoms with Crippen LogP contribution in [0.1, 0.15) is 50.3 Å². The van der Waals surface area contributed by atoms with Gasteiger partial charge in [-0.2, -0.15) is 0 Å². The summed E-state index contributed by atoms with van der Waals surface area (Å²) in [6.45, 7) is 4.87. The summed E-state index contributed by atoms with van der Waals surface area (Å²) in [6.07, 6.45) is 2.07. The van der Waals surface area contributed by atoms with Crippen molar-refractivity contribution < 1.29 is 15.0 Å². The number of aliphatic carboxylic acids is 1. The number of aliphatic hydroxyl groups is 1. The van der Waals surface area contributed by atoms with E-state index in [4.69, 9.17) is 5.11 Å². The molecular formula is C16H25NO3. The third-order valence-corrected chi connectivity index (χ3v) is 3.44. The highest BCUT2D eigenvalue weighted by atomic mass is 16.4. The molecule has 0 heterocycles. The van der Waals surface area contributed by atoms with Crippen LogP contribution in [-0.2, 0) is 11.2 Å². The molecule has 0 fully saturated rings. The molecule has 3 N–H and O–H groups in total. The molecule has 1 rings (SSSR count). The van der Waals surface area contributed by atoms with Gasteiger partial charge in [0.1, 0.15) is 0 Å². The second-order valence-electron chi connectivity index (χ2n) is 5.05. The smallest absolute Gasteiger partial charge is 0.305 e. The quantitative estimate of drug-likeness (QED) is 0.608. The van der Waals surface area contributed by atoms with Gasteiger partial charge in [-0.15, -0.1) is 0 Å². The Morgan fingerprint density at radius 2 is 1.90 bits per heavy atom. The number of benzene rings is 1. The highest BCUT2D eigenvalue weighted by Gasteiger charge is 2.22. The maximum atomic E-state index is 10.9. The number of carbonyl (C=O) groups is 1.